The summed E-state index contributed by atoms with van der Waals surface area (Å²) in [5.74, 6) is -4.63. The SMILES string of the molecule is O=C(CN1C(=O)C=CC1=O)O[N+]1(O)C(=O)CCC1=O. The second-order valence-corrected chi connectivity index (χ2v) is 3.92. The van der Waals surface area contributed by atoms with Crippen molar-refractivity contribution in [3.8, 4) is 0 Å². The van der Waals surface area contributed by atoms with E-state index in [1.165, 1.54) is 0 Å². The molecule has 0 saturated carbocycles. The third-order valence-electron chi connectivity index (χ3n) is 2.65. The summed E-state index contributed by atoms with van der Waals surface area (Å²) in [6, 6.07) is 0. The standard InChI is InChI=1S/C10H9N2O7/c13-6-1-2-7(14)11(6)5-10(17)19-12(18)8(15)3-4-9(12)16/h1-2,18H,3-5H2/q+1. The third-order valence-corrected chi connectivity index (χ3v) is 2.65. The molecule has 0 aromatic heterocycles. The van der Waals surface area contributed by atoms with Crippen LogP contribution in [0, 0.1) is 0 Å². The number of carbonyl (C=O) groups excluding carboxylic acids is 5. The molecule has 0 bridgehead atoms. The van der Waals surface area contributed by atoms with Crippen LogP contribution in [0.15, 0.2) is 12.2 Å². The van der Waals surface area contributed by atoms with Gasteiger partial charge in [0.1, 0.15) is 11.4 Å². The summed E-state index contributed by atoms with van der Waals surface area (Å²) in [4.78, 5) is 59.2. The van der Waals surface area contributed by atoms with Gasteiger partial charge in [-0.2, -0.15) is 5.21 Å². The van der Waals surface area contributed by atoms with Gasteiger partial charge in [-0.05, 0) is 0 Å². The molecule has 0 radical (unpaired) electrons. The van der Waals surface area contributed by atoms with Gasteiger partial charge in [-0.25, -0.2) is 19.2 Å². The molecule has 0 spiro atoms. The molecule has 0 unspecified atom stereocenters. The lowest BCUT2D eigenvalue weighted by atomic mass is 10.4. The fraction of sp³-hybridized carbons (Fsp3) is 0.300. The van der Waals surface area contributed by atoms with Crippen molar-refractivity contribution < 1.29 is 38.8 Å². The summed E-state index contributed by atoms with van der Waals surface area (Å²) in [6.07, 6.45) is 1.44. The van der Waals surface area contributed by atoms with Crippen LogP contribution in [0.3, 0.4) is 0 Å². The molecule has 9 nitrogen and oxygen atoms in total. The zero-order valence-corrected chi connectivity index (χ0v) is 9.57. The number of quaternary nitrogens is 1. The molecule has 0 aromatic carbocycles. The maximum Gasteiger partial charge on any atom is 0.397 e. The summed E-state index contributed by atoms with van der Waals surface area (Å²) in [5, 5.41) is 9.60. The number of amides is 4. The van der Waals surface area contributed by atoms with E-state index < -0.39 is 41.0 Å². The van der Waals surface area contributed by atoms with Gasteiger partial charge in [-0.1, -0.05) is 0 Å². The largest absolute Gasteiger partial charge is 0.397 e. The zero-order valence-electron chi connectivity index (χ0n) is 9.57. The number of imide groups is 2. The molecule has 0 aromatic rings. The molecule has 2 rings (SSSR count). The number of carbonyl (C=O) groups is 5. The van der Waals surface area contributed by atoms with Crippen LogP contribution < -0.4 is 0 Å². The van der Waals surface area contributed by atoms with Crippen LogP contribution >= 0.6 is 0 Å². The molecule has 0 aliphatic carbocycles. The zero-order chi connectivity index (χ0) is 14.2. The molecule has 0 atom stereocenters. The fourth-order valence-electron chi connectivity index (χ4n) is 1.65. The van der Waals surface area contributed by atoms with Gasteiger partial charge in [0.25, 0.3) is 11.8 Å². The molecule has 19 heavy (non-hydrogen) atoms. The molecule has 2 heterocycles. The number of rotatable bonds is 3. The van der Waals surface area contributed by atoms with Crippen molar-refractivity contribution in [1.82, 2.24) is 4.90 Å². The Morgan fingerprint density at radius 3 is 2.11 bits per heavy atom. The van der Waals surface area contributed by atoms with E-state index in [0.717, 1.165) is 12.2 Å². The highest BCUT2D eigenvalue weighted by Crippen LogP contribution is 2.20. The molecule has 2 aliphatic rings. The Morgan fingerprint density at radius 1 is 1.16 bits per heavy atom. The first-order valence-corrected chi connectivity index (χ1v) is 5.29. The van der Waals surface area contributed by atoms with Crippen molar-refractivity contribution in [2.45, 2.75) is 12.8 Å². The average molecular weight is 269 g/mol. The Kier molecular flexibility index (Phi) is 3.00. The predicted octanol–water partition coefficient (Wildman–Crippen LogP) is -1.58. The van der Waals surface area contributed by atoms with E-state index in [4.69, 9.17) is 0 Å². The number of hydroxylamine groups is 4. The van der Waals surface area contributed by atoms with Crippen LogP contribution in [0.4, 0.5) is 0 Å². The molecule has 100 valence electrons. The summed E-state index contributed by atoms with van der Waals surface area (Å²) in [6.45, 7) is -0.786. The second kappa shape index (κ2) is 4.37. The van der Waals surface area contributed by atoms with Crippen LogP contribution in [0.1, 0.15) is 12.8 Å². The van der Waals surface area contributed by atoms with Crippen molar-refractivity contribution >= 4 is 29.6 Å². The van der Waals surface area contributed by atoms with E-state index in [2.05, 4.69) is 4.84 Å². The van der Waals surface area contributed by atoms with Gasteiger partial charge in [0.05, 0.1) is 12.8 Å². The fourth-order valence-corrected chi connectivity index (χ4v) is 1.65. The lowest BCUT2D eigenvalue weighted by molar-refractivity contribution is -1.12. The number of hydrogen-bond acceptors (Lipinski definition) is 7. The minimum Gasteiger partial charge on any atom is -0.269 e. The minimum absolute atomic E-state index is 0.244. The maximum atomic E-state index is 11.5. The Labute approximate surface area is 106 Å². The first-order chi connectivity index (χ1) is 8.84. The van der Waals surface area contributed by atoms with Gasteiger partial charge >= 0.3 is 17.8 Å². The highest BCUT2D eigenvalue weighted by molar-refractivity contribution is 6.14. The van der Waals surface area contributed by atoms with Crippen LogP contribution in [0.2, 0.25) is 0 Å². The summed E-state index contributed by atoms with van der Waals surface area (Å²) >= 11 is 0. The first-order valence-electron chi connectivity index (χ1n) is 5.29. The van der Waals surface area contributed by atoms with Gasteiger partial charge in [0.2, 0.25) is 0 Å². The van der Waals surface area contributed by atoms with Crippen LogP contribution in [0.5, 0.6) is 0 Å². The maximum absolute atomic E-state index is 11.5. The Balaban J connectivity index is 2.02. The Morgan fingerprint density at radius 2 is 1.63 bits per heavy atom. The van der Waals surface area contributed by atoms with Gasteiger partial charge in [0.15, 0.2) is 0 Å². The molecule has 4 amide bonds. The Bertz CT molecular complexity index is 502. The van der Waals surface area contributed by atoms with E-state index >= 15 is 0 Å². The van der Waals surface area contributed by atoms with E-state index in [1.54, 1.807) is 0 Å². The van der Waals surface area contributed by atoms with Crippen molar-refractivity contribution in [1.29, 1.82) is 0 Å². The van der Waals surface area contributed by atoms with Gasteiger partial charge in [0, 0.05) is 12.2 Å². The quantitative estimate of drug-likeness (QED) is 0.373. The average Bonchev–Trinajstić information content (AvgIpc) is 2.77. The molecule has 2 aliphatic heterocycles. The summed E-state index contributed by atoms with van der Waals surface area (Å²) < 4.78 is 0. The summed E-state index contributed by atoms with van der Waals surface area (Å²) in [5.41, 5.74) is 0. The van der Waals surface area contributed by atoms with Crippen molar-refractivity contribution in [2.24, 2.45) is 0 Å². The minimum atomic E-state index is -2.07. The lowest BCUT2D eigenvalue weighted by Crippen LogP contribution is -2.52. The van der Waals surface area contributed by atoms with E-state index in [0.29, 0.717) is 4.90 Å². The van der Waals surface area contributed by atoms with E-state index in [-0.39, 0.29) is 12.8 Å². The molecule has 1 N–H and O–H groups in total. The molecule has 1 fully saturated rings. The van der Waals surface area contributed by atoms with Crippen molar-refractivity contribution in [3.63, 3.8) is 0 Å². The second-order valence-electron chi connectivity index (χ2n) is 3.92. The highest BCUT2D eigenvalue weighted by atomic mass is 17.0. The van der Waals surface area contributed by atoms with Crippen LogP contribution in [-0.4, -0.2) is 51.1 Å². The van der Waals surface area contributed by atoms with Crippen molar-refractivity contribution in [2.75, 3.05) is 6.54 Å². The van der Waals surface area contributed by atoms with Crippen LogP contribution in [-0.2, 0) is 28.8 Å². The highest BCUT2D eigenvalue weighted by Gasteiger charge is 2.55. The Hall–Kier alpha value is -2.39. The topological polar surface area (TPSA) is 118 Å². The van der Waals surface area contributed by atoms with Crippen LogP contribution in [0.25, 0.3) is 0 Å². The molecule has 9 heteroatoms. The van der Waals surface area contributed by atoms with Crippen molar-refractivity contribution in [3.05, 3.63) is 12.2 Å². The lowest BCUT2D eigenvalue weighted by Gasteiger charge is -2.17. The third kappa shape index (κ3) is 2.16. The number of nitrogens with zero attached hydrogens (tertiary/aromatic N) is 2. The first kappa shape index (κ1) is 13.1. The smallest absolute Gasteiger partial charge is 0.269 e. The molecular formula is C10H9N2O7+. The monoisotopic (exact) mass is 269 g/mol. The molecular weight excluding hydrogens is 260 g/mol. The van der Waals surface area contributed by atoms with Gasteiger partial charge in [-0.3, -0.25) is 14.5 Å². The van der Waals surface area contributed by atoms with E-state index in [1.807, 2.05) is 0 Å². The predicted molar refractivity (Wildman–Crippen MR) is 53.2 cm³/mol. The molecule has 1 saturated heterocycles. The normalized spacial score (nSPS) is 21.4. The van der Waals surface area contributed by atoms with Gasteiger partial charge < -0.3 is 0 Å². The van der Waals surface area contributed by atoms with Gasteiger partial charge in [-0.15, -0.1) is 0 Å². The van der Waals surface area contributed by atoms with E-state index in [9.17, 15) is 29.2 Å². The summed E-state index contributed by atoms with van der Waals surface area (Å²) in [7, 11) is 0. The number of hydrogen-bond donors (Lipinski definition) is 1.